The lowest BCUT2D eigenvalue weighted by Gasteiger charge is -2.17. The van der Waals surface area contributed by atoms with Crippen molar-refractivity contribution in [2.45, 2.75) is 6.92 Å². The van der Waals surface area contributed by atoms with Gasteiger partial charge in [0.05, 0.1) is 6.54 Å². The number of hydrogen-bond acceptors (Lipinski definition) is 3. The van der Waals surface area contributed by atoms with E-state index >= 15 is 0 Å². The number of amides is 1. The van der Waals surface area contributed by atoms with E-state index < -0.39 is 0 Å². The first-order valence-electron chi connectivity index (χ1n) is 6.71. The number of aromatic nitrogens is 1. The van der Waals surface area contributed by atoms with Gasteiger partial charge in [-0.2, -0.15) is 0 Å². The Labute approximate surface area is 123 Å². The zero-order valence-corrected chi connectivity index (χ0v) is 12.1. The van der Waals surface area contributed by atoms with Crippen LogP contribution in [-0.4, -0.2) is 36.0 Å². The van der Waals surface area contributed by atoms with E-state index in [-0.39, 0.29) is 17.0 Å². The van der Waals surface area contributed by atoms with Crippen LogP contribution in [0.1, 0.15) is 16.1 Å². The Morgan fingerprint density at radius 2 is 1.90 bits per heavy atom. The molecule has 1 aromatic heterocycles. The topological polar surface area (TPSA) is 62.4 Å². The molecular formula is C16H18N2O3. The lowest BCUT2D eigenvalue weighted by atomic mass is 10.2. The summed E-state index contributed by atoms with van der Waals surface area (Å²) in [5, 5.41) is 0. The van der Waals surface area contributed by atoms with Crippen molar-refractivity contribution in [1.29, 1.82) is 0 Å². The van der Waals surface area contributed by atoms with Crippen LogP contribution in [0.4, 0.5) is 0 Å². The highest BCUT2D eigenvalue weighted by molar-refractivity contribution is 5.93. The molecule has 0 bridgehead atoms. The van der Waals surface area contributed by atoms with Gasteiger partial charge in [-0.05, 0) is 31.2 Å². The zero-order chi connectivity index (χ0) is 15.2. The second-order valence-electron chi connectivity index (χ2n) is 4.77. The first-order valence-corrected chi connectivity index (χ1v) is 6.71. The summed E-state index contributed by atoms with van der Waals surface area (Å²) in [6.07, 6.45) is 0. The van der Waals surface area contributed by atoms with E-state index in [1.54, 1.807) is 26.1 Å². The molecule has 0 saturated heterocycles. The van der Waals surface area contributed by atoms with Gasteiger partial charge >= 0.3 is 0 Å². The van der Waals surface area contributed by atoms with Crippen molar-refractivity contribution in [1.82, 2.24) is 9.88 Å². The summed E-state index contributed by atoms with van der Waals surface area (Å²) in [4.78, 5) is 28.0. The molecule has 1 N–H and O–H groups in total. The molecule has 5 heteroatoms. The monoisotopic (exact) mass is 286 g/mol. The van der Waals surface area contributed by atoms with Gasteiger partial charge < -0.3 is 14.6 Å². The number of aryl methyl sites for hydroxylation is 1. The van der Waals surface area contributed by atoms with Gasteiger partial charge in [0.15, 0.2) is 0 Å². The predicted molar refractivity (Wildman–Crippen MR) is 80.7 cm³/mol. The van der Waals surface area contributed by atoms with Crippen LogP contribution in [0.15, 0.2) is 47.3 Å². The molecule has 1 aromatic carbocycles. The number of nitrogens with one attached hydrogen (secondary N) is 1. The summed E-state index contributed by atoms with van der Waals surface area (Å²) >= 11 is 0. The van der Waals surface area contributed by atoms with Gasteiger partial charge in [0.1, 0.15) is 17.9 Å². The van der Waals surface area contributed by atoms with Crippen LogP contribution < -0.4 is 10.3 Å². The molecule has 1 amide bonds. The maximum atomic E-state index is 12.2. The van der Waals surface area contributed by atoms with Crippen molar-refractivity contribution in [3.8, 4) is 5.75 Å². The average Bonchev–Trinajstić information content (AvgIpc) is 2.47. The summed E-state index contributed by atoms with van der Waals surface area (Å²) < 4.78 is 5.53. The van der Waals surface area contributed by atoms with E-state index in [2.05, 4.69) is 4.98 Å². The van der Waals surface area contributed by atoms with E-state index in [0.29, 0.717) is 13.2 Å². The number of likely N-dealkylation sites (N-methyl/N-ethyl adjacent to an activating group) is 1. The highest BCUT2D eigenvalue weighted by Gasteiger charge is 2.15. The third kappa shape index (κ3) is 3.95. The molecule has 0 radical (unpaired) electrons. The normalized spacial score (nSPS) is 10.2. The highest BCUT2D eigenvalue weighted by atomic mass is 16.5. The third-order valence-electron chi connectivity index (χ3n) is 3.07. The van der Waals surface area contributed by atoms with Crippen LogP contribution in [-0.2, 0) is 0 Å². The van der Waals surface area contributed by atoms with Gasteiger partial charge in [0, 0.05) is 12.7 Å². The maximum absolute atomic E-state index is 12.2. The molecule has 110 valence electrons. The fourth-order valence-electron chi connectivity index (χ4n) is 1.86. The molecule has 2 rings (SSSR count). The van der Waals surface area contributed by atoms with Crippen LogP contribution in [0, 0.1) is 6.92 Å². The number of hydrogen-bond donors (Lipinski definition) is 1. The van der Waals surface area contributed by atoms with Crippen molar-refractivity contribution < 1.29 is 9.53 Å². The maximum Gasteiger partial charge on any atom is 0.260 e. The fourth-order valence-corrected chi connectivity index (χ4v) is 1.86. The number of ether oxygens (including phenoxy) is 1. The van der Waals surface area contributed by atoms with Gasteiger partial charge in [0.2, 0.25) is 0 Å². The molecule has 5 nitrogen and oxygen atoms in total. The van der Waals surface area contributed by atoms with Crippen molar-refractivity contribution in [2.24, 2.45) is 0 Å². The largest absolute Gasteiger partial charge is 0.492 e. The van der Waals surface area contributed by atoms with Crippen molar-refractivity contribution >= 4 is 5.91 Å². The number of benzene rings is 1. The van der Waals surface area contributed by atoms with Crippen molar-refractivity contribution in [3.63, 3.8) is 0 Å². The zero-order valence-electron chi connectivity index (χ0n) is 12.1. The Bertz CT molecular complexity index is 665. The Morgan fingerprint density at radius 3 is 2.57 bits per heavy atom. The SMILES string of the molecule is Cc1ccc(C(=O)N(C)CCOc2ccccc2)c(=O)[nH]1. The fraction of sp³-hybridized carbons (Fsp3) is 0.250. The molecule has 2 aromatic rings. The molecular weight excluding hydrogens is 268 g/mol. The standard InChI is InChI=1S/C16H18N2O3/c1-12-8-9-14(15(19)17-12)16(20)18(2)10-11-21-13-6-4-3-5-7-13/h3-9H,10-11H2,1-2H3,(H,17,19). The van der Waals surface area contributed by atoms with E-state index in [1.165, 1.54) is 4.90 Å². The molecule has 0 saturated carbocycles. The van der Waals surface area contributed by atoms with Crippen molar-refractivity contribution in [2.75, 3.05) is 20.2 Å². The second-order valence-corrected chi connectivity index (χ2v) is 4.77. The number of carbonyl (C=O) groups excluding carboxylic acids is 1. The number of pyridine rings is 1. The molecule has 0 aliphatic carbocycles. The quantitative estimate of drug-likeness (QED) is 0.912. The number of para-hydroxylation sites is 1. The lowest BCUT2D eigenvalue weighted by Crippen LogP contribution is -2.34. The molecule has 0 aliphatic heterocycles. The summed E-state index contributed by atoms with van der Waals surface area (Å²) in [7, 11) is 1.65. The smallest absolute Gasteiger partial charge is 0.260 e. The van der Waals surface area contributed by atoms with Crippen LogP contribution in [0.25, 0.3) is 0 Å². The minimum Gasteiger partial charge on any atom is -0.492 e. The van der Waals surface area contributed by atoms with Gasteiger partial charge in [0.25, 0.3) is 11.5 Å². The van der Waals surface area contributed by atoms with Gasteiger partial charge in [-0.15, -0.1) is 0 Å². The first-order chi connectivity index (χ1) is 10.1. The number of rotatable bonds is 5. The minimum absolute atomic E-state index is 0.141. The number of aromatic amines is 1. The predicted octanol–water partition coefficient (Wildman–Crippen LogP) is 1.83. The van der Waals surface area contributed by atoms with Crippen LogP contribution in [0.3, 0.4) is 0 Å². The molecule has 1 heterocycles. The highest BCUT2D eigenvalue weighted by Crippen LogP contribution is 2.08. The molecule has 21 heavy (non-hydrogen) atoms. The number of H-pyrrole nitrogens is 1. The first kappa shape index (κ1) is 14.8. The van der Waals surface area contributed by atoms with E-state index in [0.717, 1.165) is 11.4 Å². The minimum atomic E-state index is -0.365. The Morgan fingerprint density at radius 1 is 1.19 bits per heavy atom. The number of nitrogens with zero attached hydrogens (tertiary/aromatic N) is 1. The molecule has 0 spiro atoms. The Hall–Kier alpha value is -2.56. The average molecular weight is 286 g/mol. The van der Waals surface area contributed by atoms with E-state index in [9.17, 15) is 9.59 Å². The molecule has 0 aliphatic rings. The van der Waals surface area contributed by atoms with Crippen LogP contribution >= 0.6 is 0 Å². The number of carbonyl (C=O) groups is 1. The van der Waals surface area contributed by atoms with Gasteiger partial charge in [-0.1, -0.05) is 18.2 Å². The van der Waals surface area contributed by atoms with Crippen LogP contribution in [0.5, 0.6) is 5.75 Å². The molecule has 0 unspecified atom stereocenters. The van der Waals surface area contributed by atoms with Crippen molar-refractivity contribution in [3.05, 3.63) is 64.1 Å². The summed E-state index contributed by atoms with van der Waals surface area (Å²) in [5.41, 5.74) is 0.505. The summed E-state index contributed by atoms with van der Waals surface area (Å²) in [6.45, 7) is 2.55. The molecule has 0 atom stereocenters. The Balaban J connectivity index is 1.92. The van der Waals surface area contributed by atoms with Gasteiger partial charge in [-0.25, -0.2) is 0 Å². The molecule has 0 fully saturated rings. The third-order valence-corrected chi connectivity index (χ3v) is 3.07. The van der Waals surface area contributed by atoms with Crippen LogP contribution in [0.2, 0.25) is 0 Å². The second kappa shape index (κ2) is 6.74. The Kier molecular flexibility index (Phi) is 4.77. The summed E-state index contributed by atoms with van der Waals surface area (Å²) in [5.74, 6) is 0.444. The van der Waals surface area contributed by atoms with E-state index in [4.69, 9.17) is 4.74 Å². The summed E-state index contributed by atoms with van der Waals surface area (Å²) in [6, 6.07) is 12.6. The van der Waals surface area contributed by atoms with E-state index in [1.807, 2.05) is 30.3 Å². The van der Waals surface area contributed by atoms with Gasteiger partial charge in [-0.3, -0.25) is 9.59 Å². The lowest BCUT2D eigenvalue weighted by molar-refractivity contribution is 0.0772.